The summed E-state index contributed by atoms with van der Waals surface area (Å²) < 4.78 is 5.48. The van der Waals surface area contributed by atoms with Crippen LogP contribution >= 0.6 is 0 Å². The van der Waals surface area contributed by atoms with Crippen molar-refractivity contribution in [3.8, 4) is 5.88 Å². The molecule has 1 fully saturated rings. The summed E-state index contributed by atoms with van der Waals surface area (Å²) in [5.74, 6) is -0.449. The molecule has 1 N–H and O–H groups in total. The van der Waals surface area contributed by atoms with Gasteiger partial charge in [-0.2, -0.15) is 0 Å². The van der Waals surface area contributed by atoms with Gasteiger partial charge in [0.1, 0.15) is 0 Å². The number of carboxylic acid groups (broad SMARTS) is 1. The molecule has 5 heteroatoms. The first-order valence-corrected chi connectivity index (χ1v) is 5.94. The minimum Gasteiger partial charge on any atom is -0.476 e. The van der Waals surface area contributed by atoms with E-state index in [9.17, 15) is 4.79 Å². The molecule has 0 unspecified atom stereocenters. The van der Waals surface area contributed by atoms with Gasteiger partial charge in [-0.05, 0) is 18.8 Å². The molecule has 0 aliphatic heterocycles. The van der Waals surface area contributed by atoms with E-state index in [0.29, 0.717) is 12.5 Å². The van der Waals surface area contributed by atoms with E-state index < -0.39 is 5.97 Å². The Balaban J connectivity index is 1.96. The average molecular weight is 236 g/mol. The molecule has 1 aliphatic carbocycles. The van der Waals surface area contributed by atoms with Crippen molar-refractivity contribution in [3.63, 3.8) is 0 Å². The molecule has 1 aromatic heterocycles. The molecule has 17 heavy (non-hydrogen) atoms. The van der Waals surface area contributed by atoms with Gasteiger partial charge in [0.05, 0.1) is 6.61 Å². The fourth-order valence-electron chi connectivity index (χ4n) is 2.13. The summed E-state index contributed by atoms with van der Waals surface area (Å²) in [4.78, 5) is 18.6. The van der Waals surface area contributed by atoms with E-state index in [0.717, 1.165) is 12.8 Å². The zero-order valence-corrected chi connectivity index (χ0v) is 9.63. The van der Waals surface area contributed by atoms with Crippen molar-refractivity contribution >= 4 is 5.97 Å². The number of ether oxygens (including phenoxy) is 1. The van der Waals surface area contributed by atoms with Crippen molar-refractivity contribution < 1.29 is 14.6 Å². The first-order valence-electron chi connectivity index (χ1n) is 5.94. The molecule has 0 amide bonds. The standard InChI is InChI=1S/C12H16N2O3/c15-12(16)10-11(14-7-6-13-10)17-8-9-4-2-1-3-5-9/h6-7,9H,1-5,8H2,(H,15,16). The third-order valence-electron chi connectivity index (χ3n) is 3.05. The van der Waals surface area contributed by atoms with Crippen LogP contribution in [0.5, 0.6) is 5.88 Å². The highest BCUT2D eigenvalue weighted by Crippen LogP contribution is 2.24. The highest BCUT2D eigenvalue weighted by atomic mass is 16.5. The fourth-order valence-corrected chi connectivity index (χ4v) is 2.13. The van der Waals surface area contributed by atoms with Crippen LogP contribution in [0.4, 0.5) is 0 Å². The van der Waals surface area contributed by atoms with E-state index in [1.807, 2.05) is 0 Å². The lowest BCUT2D eigenvalue weighted by molar-refractivity contribution is 0.0682. The number of carbonyl (C=O) groups is 1. The van der Waals surface area contributed by atoms with Crippen molar-refractivity contribution in [2.75, 3.05) is 6.61 Å². The molecule has 0 radical (unpaired) electrons. The molecule has 5 nitrogen and oxygen atoms in total. The van der Waals surface area contributed by atoms with Gasteiger partial charge in [-0.1, -0.05) is 19.3 Å². The molecule has 1 aromatic rings. The summed E-state index contributed by atoms with van der Waals surface area (Å²) in [5.41, 5.74) is -0.108. The molecule has 1 heterocycles. The normalized spacial score (nSPS) is 16.7. The van der Waals surface area contributed by atoms with Crippen molar-refractivity contribution in [2.24, 2.45) is 5.92 Å². The van der Waals surface area contributed by atoms with E-state index in [1.165, 1.54) is 31.7 Å². The topological polar surface area (TPSA) is 72.3 Å². The zero-order chi connectivity index (χ0) is 12.1. The van der Waals surface area contributed by atoms with Gasteiger partial charge in [-0.25, -0.2) is 14.8 Å². The first-order chi connectivity index (χ1) is 8.27. The lowest BCUT2D eigenvalue weighted by Gasteiger charge is -2.21. The molecule has 0 aromatic carbocycles. The largest absolute Gasteiger partial charge is 0.476 e. The van der Waals surface area contributed by atoms with Gasteiger partial charge in [0.15, 0.2) is 0 Å². The number of rotatable bonds is 4. The minimum absolute atomic E-state index is 0.108. The third kappa shape index (κ3) is 3.15. The maximum Gasteiger partial charge on any atom is 0.360 e. The van der Waals surface area contributed by atoms with Gasteiger partial charge in [0.2, 0.25) is 11.6 Å². The van der Waals surface area contributed by atoms with E-state index in [1.54, 1.807) is 0 Å². The molecular weight excluding hydrogens is 220 g/mol. The van der Waals surface area contributed by atoms with Gasteiger partial charge in [0, 0.05) is 12.4 Å². The van der Waals surface area contributed by atoms with Crippen molar-refractivity contribution in [1.29, 1.82) is 0 Å². The highest BCUT2D eigenvalue weighted by Gasteiger charge is 2.18. The number of hydrogen-bond donors (Lipinski definition) is 1. The molecule has 92 valence electrons. The van der Waals surface area contributed by atoms with Crippen LogP contribution < -0.4 is 4.74 Å². The Kier molecular flexibility index (Phi) is 3.90. The lowest BCUT2D eigenvalue weighted by atomic mass is 9.90. The van der Waals surface area contributed by atoms with Crippen LogP contribution in [0.15, 0.2) is 12.4 Å². The summed E-state index contributed by atoms with van der Waals surface area (Å²) in [7, 11) is 0. The highest BCUT2D eigenvalue weighted by molar-refractivity contribution is 5.87. The Bertz CT molecular complexity index is 389. The summed E-state index contributed by atoms with van der Waals surface area (Å²) >= 11 is 0. The second kappa shape index (κ2) is 5.61. The first kappa shape index (κ1) is 11.8. The molecule has 0 bridgehead atoms. The second-order valence-corrected chi connectivity index (χ2v) is 4.33. The van der Waals surface area contributed by atoms with Gasteiger partial charge in [-0.3, -0.25) is 0 Å². The van der Waals surface area contributed by atoms with E-state index in [4.69, 9.17) is 9.84 Å². The number of hydrogen-bond acceptors (Lipinski definition) is 4. The molecule has 0 atom stereocenters. The number of carboxylic acids is 1. The summed E-state index contributed by atoms with van der Waals surface area (Å²) in [5, 5.41) is 8.92. The Morgan fingerprint density at radius 1 is 1.29 bits per heavy atom. The monoisotopic (exact) mass is 236 g/mol. The number of aromatic nitrogens is 2. The van der Waals surface area contributed by atoms with Crippen LogP contribution in [0.2, 0.25) is 0 Å². The van der Waals surface area contributed by atoms with Crippen molar-refractivity contribution in [2.45, 2.75) is 32.1 Å². The third-order valence-corrected chi connectivity index (χ3v) is 3.05. The van der Waals surface area contributed by atoms with E-state index in [-0.39, 0.29) is 11.6 Å². The molecule has 2 rings (SSSR count). The van der Waals surface area contributed by atoms with Crippen molar-refractivity contribution in [3.05, 3.63) is 18.1 Å². The lowest BCUT2D eigenvalue weighted by Crippen LogP contribution is -2.17. The van der Waals surface area contributed by atoms with Crippen LogP contribution in [0, 0.1) is 5.92 Å². The maximum absolute atomic E-state index is 10.9. The molecule has 1 aliphatic rings. The Morgan fingerprint density at radius 3 is 2.71 bits per heavy atom. The van der Waals surface area contributed by atoms with Crippen molar-refractivity contribution in [1.82, 2.24) is 9.97 Å². The zero-order valence-electron chi connectivity index (χ0n) is 9.63. The minimum atomic E-state index is -1.10. The fraction of sp³-hybridized carbons (Fsp3) is 0.583. The molecular formula is C12H16N2O3. The smallest absolute Gasteiger partial charge is 0.360 e. The SMILES string of the molecule is O=C(O)c1nccnc1OCC1CCCCC1. The molecule has 1 saturated carbocycles. The van der Waals surface area contributed by atoms with Crippen LogP contribution in [0.3, 0.4) is 0 Å². The molecule has 0 saturated heterocycles. The van der Waals surface area contributed by atoms with E-state index in [2.05, 4.69) is 9.97 Å². The van der Waals surface area contributed by atoms with Gasteiger partial charge < -0.3 is 9.84 Å². The Labute approximate surface area is 99.9 Å². The van der Waals surface area contributed by atoms with Crippen LogP contribution in [-0.4, -0.2) is 27.7 Å². The molecule has 0 spiro atoms. The second-order valence-electron chi connectivity index (χ2n) is 4.33. The summed E-state index contributed by atoms with van der Waals surface area (Å²) in [6.07, 6.45) is 8.88. The Hall–Kier alpha value is -1.65. The average Bonchev–Trinajstić information content (AvgIpc) is 2.38. The quantitative estimate of drug-likeness (QED) is 0.867. The van der Waals surface area contributed by atoms with E-state index >= 15 is 0 Å². The van der Waals surface area contributed by atoms with Gasteiger partial charge >= 0.3 is 5.97 Å². The number of nitrogens with zero attached hydrogens (tertiary/aromatic N) is 2. The summed E-state index contributed by atoms with van der Waals surface area (Å²) in [6.45, 7) is 0.541. The van der Waals surface area contributed by atoms with Gasteiger partial charge in [-0.15, -0.1) is 0 Å². The predicted octanol–water partition coefficient (Wildman–Crippen LogP) is 2.13. The summed E-state index contributed by atoms with van der Waals surface area (Å²) in [6, 6.07) is 0. The van der Waals surface area contributed by atoms with Gasteiger partial charge in [0.25, 0.3) is 0 Å². The maximum atomic E-state index is 10.9. The van der Waals surface area contributed by atoms with Crippen LogP contribution in [0.1, 0.15) is 42.6 Å². The van der Waals surface area contributed by atoms with Crippen LogP contribution in [0.25, 0.3) is 0 Å². The number of aromatic carboxylic acids is 1. The Morgan fingerprint density at radius 2 is 2.00 bits per heavy atom. The predicted molar refractivity (Wildman–Crippen MR) is 61.1 cm³/mol. The van der Waals surface area contributed by atoms with Crippen LogP contribution in [-0.2, 0) is 0 Å².